The minimum atomic E-state index is -3.72. The second kappa shape index (κ2) is 7.69. The fourth-order valence-electron chi connectivity index (χ4n) is 1.30. The number of halogens is 1. The molecule has 0 unspecified atom stereocenters. The number of thioether (sulfide) groups is 1. The van der Waals surface area contributed by atoms with Gasteiger partial charge in [0.1, 0.15) is 0 Å². The molecule has 8 heteroatoms. The van der Waals surface area contributed by atoms with Gasteiger partial charge in [-0.1, -0.05) is 5.92 Å². The van der Waals surface area contributed by atoms with Crippen LogP contribution in [-0.2, 0) is 10.0 Å². The number of carbonyl (C=O) groups is 1. The summed E-state index contributed by atoms with van der Waals surface area (Å²) >= 11 is 4.50. The quantitative estimate of drug-likeness (QED) is 0.558. The first-order valence-corrected chi connectivity index (χ1v) is 8.85. The van der Waals surface area contributed by atoms with Gasteiger partial charge in [0.25, 0.3) is 0 Å². The van der Waals surface area contributed by atoms with Crippen LogP contribution in [-0.4, -0.2) is 37.5 Å². The van der Waals surface area contributed by atoms with E-state index in [1.807, 2.05) is 0 Å². The van der Waals surface area contributed by atoms with Gasteiger partial charge in [-0.15, -0.1) is 18.2 Å². The summed E-state index contributed by atoms with van der Waals surface area (Å²) in [5.74, 6) is 2.31. The van der Waals surface area contributed by atoms with Crippen LogP contribution >= 0.6 is 27.7 Å². The molecule has 5 nitrogen and oxygen atoms in total. The van der Waals surface area contributed by atoms with E-state index in [-0.39, 0.29) is 17.0 Å². The van der Waals surface area contributed by atoms with Crippen molar-refractivity contribution in [2.75, 3.05) is 18.1 Å². The summed E-state index contributed by atoms with van der Waals surface area (Å²) in [6, 6.07) is 3.85. The minimum Gasteiger partial charge on any atom is -0.478 e. The molecule has 2 N–H and O–H groups in total. The summed E-state index contributed by atoms with van der Waals surface area (Å²) in [4.78, 5) is 10.9. The van der Waals surface area contributed by atoms with Gasteiger partial charge in [-0.3, -0.25) is 0 Å². The third-order valence-corrected chi connectivity index (χ3v) is 5.22. The highest BCUT2D eigenvalue weighted by Crippen LogP contribution is 2.21. The van der Waals surface area contributed by atoms with E-state index in [2.05, 4.69) is 26.6 Å². The molecule has 1 rings (SSSR count). The van der Waals surface area contributed by atoms with E-state index in [1.54, 1.807) is 0 Å². The molecule has 0 aliphatic carbocycles. The molecule has 1 aromatic rings. The largest absolute Gasteiger partial charge is 0.478 e. The Morgan fingerprint density at radius 1 is 1.50 bits per heavy atom. The molecule has 0 spiro atoms. The molecule has 0 heterocycles. The molecule has 0 saturated carbocycles. The Balaban J connectivity index is 2.80. The zero-order valence-electron chi connectivity index (χ0n) is 10.3. The summed E-state index contributed by atoms with van der Waals surface area (Å²) in [5, 5.41) is 8.96. The number of sulfonamides is 1. The third-order valence-electron chi connectivity index (χ3n) is 2.20. The molecule has 0 bridgehead atoms. The first kappa shape index (κ1) is 17.0. The van der Waals surface area contributed by atoms with Crippen LogP contribution in [0, 0.1) is 12.3 Å². The van der Waals surface area contributed by atoms with Gasteiger partial charge in [0.05, 0.1) is 16.2 Å². The van der Waals surface area contributed by atoms with Crippen LogP contribution < -0.4 is 4.72 Å². The van der Waals surface area contributed by atoms with Crippen molar-refractivity contribution in [3.05, 3.63) is 28.2 Å². The van der Waals surface area contributed by atoms with Crippen molar-refractivity contribution in [2.24, 2.45) is 0 Å². The Morgan fingerprint density at radius 2 is 2.20 bits per heavy atom. The Bertz CT molecular complexity index is 637. The van der Waals surface area contributed by atoms with Gasteiger partial charge in [0.15, 0.2) is 0 Å². The molecule has 1 aromatic carbocycles. The standard InChI is InChI=1S/C12H12BrNO4S2/c1-2-6-19-7-5-14-20(17,18)9-3-4-11(13)10(8-9)12(15)16/h1,3-4,8,14H,5-7H2,(H,15,16). The summed E-state index contributed by atoms with van der Waals surface area (Å²) in [7, 11) is -3.72. The van der Waals surface area contributed by atoms with E-state index < -0.39 is 16.0 Å². The second-order valence-electron chi connectivity index (χ2n) is 3.60. The second-order valence-corrected chi connectivity index (χ2v) is 7.33. The van der Waals surface area contributed by atoms with Gasteiger partial charge in [0.2, 0.25) is 10.0 Å². The van der Waals surface area contributed by atoms with Crippen molar-refractivity contribution in [3.63, 3.8) is 0 Å². The lowest BCUT2D eigenvalue weighted by atomic mass is 10.2. The maximum atomic E-state index is 12.0. The lowest BCUT2D eigenvalue weighted by Gasteiger charge is -2.08. The number of hydrogen-bond donors (Lipinski definition) is 2. The number of rotatable bonds is 7. The molecule has 0 aliphatic heterocycles. The van der Waals surface area contributed by atoms with Crippen molar-refractivity contribution in [1.29, 1.82) is 0 Å². The molecular weight excluding hydrogens is 366 g/mol. The first-order valence-electron chi connectivity index (χ1n) is 5.42. The van der Waals surface area contributed by atoms with Crippen molar-refractivity contribution >= 4 is 43.7 Å². The highest BCUT2D eigenvalue weighted by Gasteiger charge is 2.17. The van der Waals surface area contributed by atoms with Crippen molar-refractivity contribution in [3.8, 4) is 12.3 Å². The van der Waals surface area contributed by atoms with Gasteiger partial charge < -0.3 is 5.11 Å². The summed E-state index contributed by atoms with van der Waals surface area (Å²) in [5.41, 5.74) is -0.102. The van der Waals surface area contributed by atoms with Gasteiger partial charge in [0, 0.05) is 16.8 Å². The van der Waals surface area contributed by atoms with E-state index in [9.17, 15) is 13.2 Å². The molecule has 20 heavy (non-hydrogen) atoms. The molecule has 0 aliphatic rings. The fraction of sp³-hybridized carbons (Fsp3) is 0.250. The Kier molecular flexibility index (Phi) is 6.55. The van der Waals surface area contributed by atoms with Gasteiger partial charge >= 0.3 is 5.97 Å². The van der Waals surface area contributed by atoms with Crippen LogP contribution in [0.3, 0.4) is 0 Å². The van der Waals surface area contributed by atoms with Crippen LogP contribution in [0.25, 0.3) is 0 Å². The van der Waals surface area contributed by atoms with Gasteiger partial charge in [-0.25, -0.2) is 17.9 Å². The summed E-state index contributed by atoms with van der Waals surface area (Å²) in [6.45, 7) is 0.229. The number of carboxylic acid groups (broad SMARTS) is 1. The highest BCUT2D eigenvalue weighted by atomic mass is 79.9. The SMILES string of the molecule is C#CCSCCNS(=O)(=O)c1ccc(Br)c(C(=O)O)c1. The van der Waals surface area contributed by atoms with Crippen molar-refractivity contribution in [1.82, 2.24) is 4.72 Å². The van der Waals surface area contributed by atoms with E-state index in [4.69, 9.17) is 11.5 Å². The van der Waals surface area contributed by atoms with Crippen LogP contribution in [0.4, 0.5) is 0 Å². The number of carboxylic acids is 1. The third kappa shape index (κ3) is 4.83. The van der Waals surface area contributed by atoms with E-state index in [0.29, 0.717) is 16.0 Å². The Hall–Kier alpha value is -1.01. The monoisotopic (exact) mass is 377 g/mol. The Labute approximate surface area is 130 Å². The molecule has 0 fully saturated rings. The van der Waals surface area contributed by atoms with Crippen LogP contribution in [0.15, 0.2) is 27.6 Å². The molecular formula is C12H12BrNO4S2. The topological polar surface area (TPSA) is 83.5 Å². The lowest BCUT2D eigenvalue weighted by molar-refractivity contribution is 0.0695. The van der Waals surface area contributed by atoms with E-state index in [1.165, 1.54) is 23.9 Å². The first-order chi connectivity index (χ1) is 9.38. The normalized spacial score (nSPS) is 11.0. The van der Waals surface area contributed by atoms with Gasteiger partial charge in [-0.2, -0.15) is 0 Å². The molecule has 108 valence electrons. The summed E-state index contributed by atoms with van der Waals surface area (Å²) < 4.78 is 26.7. The molecule has 0 saturated heterocycles. The number of nitrogens with one attached hydrogen (secondary N) is 1. The molecule has 0 radical (unpaired) electrons. The molecule has 0 aromatic heterocycles. The van der Waals surface area contributed by atoms with E-state index in [0.717, 1.165) is 6.07 Å². The smallest absolute Gasteiger partial charge is 0.336 e. The molecule has 0 amide bonds. The maximum Gasteiger partial charge on any atom is 0.336 e. The van der Waals surface area contributed by atoms with Crippen LogP contribution in [0.1, 0.15) is 10.4 Å². The highest BCUT2D eigenvalue weighted by molar-refractivity contribution is 9.10. The predicted molar refractivity (Wildman–Crippen MR) is 82.4 cm³/mol. The minimum absolute atomic E-state index is 0.0833. The number of hydrogen-bond acceptors (Lipinski definition) is 4. The van der Waals surface area contributed by atoms with Crippen LogP contribution in [0.2, 0.25) is 0 Å². The number of aromatic carboxylic acids is 1. The predicted octanol–water partition coefficient (Wildman–Crippen LogP) is 1.79. The Morgan fingerprint density at radius 3 is 2.80 bits per heavy atom. The zero-order chi connectivity index (χ0) is 15.2. The maximum absolute atomic E-state index is 12.0. The van der Waals surface area contributed by atoms with Gasteiger partial charge in [-0.05, 0) is 34.1 Å². The van der Waals surface area contributed by atoms with Crippen LogP contribution in [0.5, 0.6) is 0 Å². The average Bonchev–Trinajstić information content (AvgIpc) is 2.38. The fourth-order valence-corrected chi connectivity index (χ4v) is 3.41. The number of terminal acetylenes is 1. The van der Waals surface area contributed by atoms with Crippen molar-refractivity contribution in [2.45, 2.75) is 4.90 Å². The average molecular weight is 378 g/mol. The zero-order valence-corrected chi connectivity index (χ0v) is 13.5. The van der Waals surface area contributed by atoms with Crippen molar-refractivity contribution < 1.29 is 18.3 Å². The summed E-state index contributed by atoms with van der Waals surface area (Å²) in [6.07, 6.45) is 5.08. The molecule has 0 atom stereocenters. The lowest BCUT2D eigenvalue weighted by Crippen LogP contribution is -2.26. The van der Waals surface area contributed by atoms with E-state index >= 15 is 0 Å². The number of benzene rings is 1.